The second-order valence-electron chi connectivity index (χ2n) is 3.80. The van der Waals surface area contributed by atoms with E-state index >= 15 is 0 Å². The van der Waals surface area contributed by atoms with E-state index in [0.717, 1.165) is 5.75 Å². The Labute approximate surface area is 74.2 Å². The van der Waals surface area contributed by atoms with E-state index in [2.05, 4.69) is 17.5 Å². The molecule has 3 heterocycles. The van der Waals surface area contributed by atoms with Gasteiger partial charge >= 0.3 is 0 Å². The quantitative estimate of drug-likeness (QED) is 0.456. The van der Waals surface area contributed by atoms with Gasteiger partial charge in [-0.05, 0) is 0 Å². The van der Waals surface area contributed by atoms with Crippen molar-refractivity contribution < 1.29 is 4.48 Å². The third-order valence-electron chi connectivity index (χ3n) is 3.25. The molecule has 0 aliphatic carbocycles. The molecule has 3 rings (SSSR count). The molecule has 0 aromatic rings. The van der Waals surface area contributed by atoms with Crippen LogP contribution in [0, 0.1) is 0 Å². The Kier molecular flexibility index (Phi) is 2.12. The van der Waals surface area contributed by atoms with Crippen LogP contribution in [0.1, 0.15) is 0 Å². The van der Waals surface area contributed by atoms with E-state index in [9.17, 15) is 0 Å². The Balaban J connectivity index is 2.00. The van der Waals surface area contributed by atoms with Gasteiger partial charge in [-0.1, -0.05) is 0 Å². The smallest absolute Gasteiger partial charge is 0.0916 e. The van der Waals surface area contributed by atoms with Crippen molar-refractivity contribution in [1.29, 1.82) is 0 Å². The molecule has 0 unspecified atom stereocenters. The number of hydrogen-bond acceptors (Lipinski definition) is 2. The minimum atomic E-state index is 1.06. The molecule has 0 amide bonds. The number of quaternary nitrogens is 1. The molecule has 3 heteroatoms. The molecule has 0 aromatic carbocycles. The van der Waals surface area contributed by atoms with Gasteiger partial charge in [0.2, 0.25) is 0 Å². The zero-order valence-corrected chi connectivity index (χ0v) is 7.89. The first-order valence-corrected chi connectivity index (χ1v) is 5.16. The van der Waals surface area contributed by atoms with Gasteiger partial charge in [0.25, 0.3) is 0 Å². The Morgan fingerprint density at radius 1 is 1.09 bits per heavy atom. The van der Waals surface area contributed by atoms with Crippen molar-refractivity contribution in [2.45, 2.75) is 0 Å². The second-order valence-corrected chi connectivity index (χ2v) is 4.25. The second kappa shape index (κ2) is 2.96. The van der Waals surface area contributed by atoms with Gasteiger partial charge in [-0.15, -0.1) is 0 Å². The summed E-state index contributed by atoms with van der Waals surface area (Å²) in [4.78, 5) is 2.58. The third-order valence-corrected chi connectivity index (χ3v) is 3.45. The minimum Gasteiger partial charge on any atom is -0.320 e. The van der Waals surface area contributed by atoms with E-state index in [1.165, 1.54) is 50.3 Å². The summed E-state index contributed by atoms with van der Waals surface area (Å²) in [6.07, 6.45) is 0. The summed E-state index contributed by atoms with van der Waals surface area (Å²) in [6, 6.07) is 0. The average molecular weight is 173 g/mol. The summed E-state index contributed by atoms with van der Waals surface area (Å²) in [7, 11) is 0. The van der Waals surface area contributed by atoms with E-state index < -0.39 is 0 Å². The number of fused-ring (bicyclic) bond motifs is 3. The molecule has 3 fully saturated rings. The number of piperazine rings is 3. The largest absolute Gasteiger partial charge is 0.320 e. The molecule has 0 saturated carbocycles. The van der Waals surface area contributed by atoms with Crippen molar-refractivity contribution in [3.8, 4) is 0 Å². The highest BCUT2D eigenvalue weighted by molar-refractivity contribution is 7.80. The lowest BCUT2D eigenvalue weighted by molar-refractivity contribution is -0.938. The molecule has 2 bridgehead atoms. The van der Waals surface area contributed by atoms with E-state index in [4.69, 9.17) is 0 Å². The molecule has 3 saturated heterocycles. The van der Waals surface area contributed by atoms with Crippen LogP contribution in [0.25, 0.3) is 0 Å². The standard InChI is InChI=1S/C8H16N2S/c11-8-7-10-4-1-9(2-5-10)3-6-10/h1-8H2/p+1. The molecule has 0 radical (unpaired) electrons. The van der Waals surface area contributed by atoms with Crippen LogP contribution >= 0.6 is 12.6 Å². The SMILES string of the molecule is SCC[N+]12CCN(CC1)CC2. The Morgan fingerprint density at radius 2 is 1.64 bits per heavy atom. The fourth-order valence-corrected chi connectivity index (χ4v) is 2.70. The molecule has 3 aliphatic heterocycles. The van der Waals surface area contributed by atoms with Gasteiger partial charge in [0, 0.05) is 25.4 Å². The van der Waals surface area contributed by atoms with Gasteiger partial charge in [0.05, 0.1) is 26.2 Å². The lowest BCUT2D eigenvalue weighted by atomic mass is 10.1. The summed E-state index contributed by atoms with van der Waals surface area (Å²) in [5.41, 5.74) is 0. The number of hydrogen-bond donors (Lipinski definition) is 1. The number of thiol groups is 1. The third kappa shape index (κ3) is 1.42. The maximum absolute atomic E-state index is 4.33. The Hall–Kier alpha value is 0.270. The van der Waals surface area contributed by atoms with Crippen LogP contribution in [-0.2, 0) is 0 Å². The summed E-state index contributed by atoms with van der Waals surface area (Å²) in [6.45, 7) is 9.40. The van der Waals surface area contributed by atoms with Crippen LogP contribution in [0.15, 0.2) is 0 Å². The van der Waals surface area contributed by atoms with Crippen LogP contribution in [0.3, 0.4) is 0 Å². The van der Waals surface area contributed by atoms with Crippen molar-refractivity contribution in [2.75, 3.05) is 51.6 Å². The van der Waals surface area contributed by atoms with Crippen molar-refractivity contribution in [3.63, 3.8) is 0 Å². The van der Waals surface area contributed by atoms with Crippen LogP contribution in [-0.4, -0.2) is 60.9 Å². The number of rotatable bonds is 2. The van der Waals surface area contributed by atoms with Crippen LogP contribution < -0.4 is 0 Å². The monoisotopic (exact) mass is 173 g/mol. The van der Waals surface area contributed by atoms with Gasteiger partial charge in [0.1, 0.15) is 0 Å². The maximum Gasteiger partial charge on any atom is 0.0916 e. The first-order valence-electron chi connectivity index (χ1n) is 4.53. The Morgan fingerprint density at radius 3 is 2.09 bits per heavy atom. The average Bonchev–Trinajstić information content (AvgIpc) is 2.07. The Bertz CT molecular complexity index is 121. The highest BCUT2D eigenvalue weighted by Gasteiger charge is 2.37. The summed E-state index contributed by atoms with van der Waals surface area (Å²) >= 11 is 4.33. The highest BCUT2D eigenvalue weighted by Crippen LogP contribution is 2.18. The normalized spacial score (nSPS) is 42.8. The first-order chi connectivity index (χ1) is 5.35. The highest BCUT2D eigenvalue weighted by atomic mass is 32.1. The molecule has 3 aliphatic rings. The predicted molar refractivity (Wildman–Crippen MR) is 50.0 cm³/mol. The first kappa shape index (κ1) is 7.90. The van der Waals surface area contributed by atoms with E-state index in [1.54, 1.807) is 0 Å². The van der Waals surface area contributed by atoms with Gasteiger partial charge in [-0.3, -0.25) is 4.90 Å². The van der Waals surface area contributed by atoms with Crippen LogP contribution in [0.4, 0.5) is 0 Å². The summed E-state index contributed by atoms with van der Waals surface area (Å²) < 4.78 is 1.36. The molecule has 0 spiro atoms. The molecule has 11 heavy (non-hydrogen) atoms. The van der Waals surface area contributed by atoms with Crippen LogP contribution in [0.2, 0.25) is 0 Å². The number of nitrogens with zero attached hydrogens (tertiary/aromatic N) is 2. The van der Waals surface area contributed by atoms with Crippen LogP contribution in [0.5, 0.6) is 0 Å². The topological polar surface area (TPSA) is 3.24 Å². The van der Waals surface area contributed by atoms with E-state index in [-0.39, 0.29) is 0 Å². The minimum absolute atomic E-state index is 1.06. The molecule has 0 aromatic heterocycles. The zero-order chi connectivity index (χ0) is 7.73. The van der Waals surface area contributed by atoms with Crippen molar-refractivity contribution >= 4 is 12.6 Å². The molecule has 0 atom stereocenters. The molecule has 64 valence electrons. The summed E-state index contributed by atoms with van der Waals surface area (Å²) in [5, 5.41) is 0. The lowest BCUT2D eigenvalue weighted by Crippen LogP contribution is -2.67. The van der Waals surface area contributed by atoms with E-state index in [1.807, 2.05) is 0 Å². The maximum atomic E-state index is 4.33. The van der Waals surface area contributed by atoms with Gasteiger partial charge in [-0.25, -0.2) is 0 Å². The summed E-state index contributed by atoms with van der Waals surface area (Å²) in [5.74, 6) is 1.06. The molecular weight excluding hydrogens is 156 g/mol. The lowest BCUT2D eigenvalue weighted by Gasteiger charge is -2.50. The molecule has 2 nitrogen and oxygen atoms in total. The van der Waals surface area contributed by atoms with Gasteiger partial charge in [-0.2, -0.15) is 12.6 Å². The van der Waals surface area contributed by atoms with Gasteiger partial charge in [0.15, 0.2) is 0 Å². The van der Waals surface area contributed by atoms with Crippen molar-refractivity contribution in [2.24, 2.45) is 0 Å². The van der Waals surface area contributed by atoms with E-state index in [0.29, 0.717) is 0 Å². The molecular formula is C8H17N2S+. The molecule has 0 N–H and O–H groups in total. The zero-order valence-electron chi connectivity index (χ0n) is 7.00. The van der Waals surface area contributed by atoms with Crippen molar-refractivity contribution in [1.82, 2.24) is 4.90 Å². The fraction of sp³-hybridized carbons (Fsp3) is 1.00. The van der Waals surface area contributed by atoms with Crippen molar-refractivity contribution in [3.05, 3.63) is 0 Å². The van der Waals surface area contributed by atoms with Gasteiger partial charge < -0.3 is 4.48 Å². The fourth-order valence-electron chi connectivity index (χ4n) is 2.28. The predicted octanol–water partition coefficient (Wildman–Crippen LogP) is 0.0622.